The molecule has 1 aliphatic rings. The molecule has 1 aliphatic carbocycles. The predicted molar refractivity (Wildman–Crippen MR) is 42.9 cm³/mol. The third-order valence-electron chi connectivity index (χ3n) is 2.24. The zero-order valence-electron chi connectivity index (χ0n) is 6.82. The van der Waals surface area contributed by atoms with Crippen LogP contribution in [-0.4, -0.2) is 32.1 Å². The van der Waals surface area contributed by atoms with Gasteiger partial charge in [-0.05, 0) is 12.3 Å². The first kappa shape index (κ1) is 9.49. The van der Waals surface area contributed by atoms with E-state index < -0.39 is 15.3 Å². The highest BCUT2D eigenvalue weighted by atomic mass is 32.2. The Kier molecular flexibility index (Phi) is 2.15. The molecule has 1 rings (SSSR count). The molecule has 0 heterocycles. The van der Waals surface area contributed by atoms with Crippen molar-refractivity contribution < 1.29 is 13.5 Å². The summed E-state index contributed by atoms with van der Waals surface area (Å²) in [5, 5.41) is 17.4. The highest BCUT2D eigenvalue weighted by molar-refractivity contribution is 7.90. The second-order valence-electron chi connectivity index (χ2n) is 3.42. The molecule has 0 bridgehead atoms. The van der Waals surface area contributed by atoms with E-state index in [1.54, 1.807) is 0 Å². The summed E-state index contributed by atoms with van der Waals surface area (Å²) in [7, 11) is -3.01. The highest BCUT2D eigenvalue weighted by Gasteiger charge is 2.55. The summed E-state index contributed by atoms with van der Waals surface area (Å²) in [6.45, 7) is -0.232. The van der Waals surface area contributed by atoms with Crippen molar-refractivity contribution in [1.29, 1.82) is 5.26 Å². The fourth-order valence-corrected chi connectivity index (χ4v) is 2.50. The summed E-state index contributed by atoms with van der Waals surface area (Å²) in [4.78, 5) is 0. The summed E-state index contributed by atoms with van der Waals surface area (Å²) in [5.41, 5.74) is -0.761. The molecule has 12 heavy (non-hydrogen) atoms. The minimum atomic E-state index is -3.01. The lowest BCUT2D eigenvalue weighted by molar-refractivity contribution is 0.237. The van der Waals surface area contributed by atoms with E-state index in [0.717, 1.165) is 6.26 Å². The zero-order valence-corrected chi connectivity index (χ0v) is 7.63. The van der Waals surface area contributed by atoms with Crippen molar-refractivity contribution in [2.75, 3.05) is 18.6 Å². The Labute approximate surface area is 71.7 Å². The van der Waals surface area contributed by atoms with Gasteiger partial charge in [-0.3, -0.25) is 0 Å². The monoisotopic (exact) mass is 189 g/mol. The van der Waals surface area contributed by atoms with Crippen LogP contribution in [0.15, 0.2) is 0 Å². The van der Waals surface area contributed by atoms with Crippen LogP contribution >= 0.6 is 0 Å². The first-order chi connectivity index (χ1) is 5.43. The van der Waals surface area contributed by atoms with Gasteiger partial charge in [0.05, 0.1) is 23.8 Å². The smallest absolute Gasteiger partial charge is 0.147 e. The SMILES string of the molecule is CS(=O)(=O)CC1CC1(C#N)CO. The van der Waals surface area contributed by atoms with Crippen molar-refractivity contribution in [2.45, 2.75) is 6.42 Å². The van der Waals surface area contributed by atoms with Crippen molar-refractivity contribution in [3.8, 4) is 6.07 Å². The van der Waals surface area contributed by atoms with Crippen LogP contribution in [0.25, 0.3) is 0 Å². The third kappa shape index (κ3) is 1.76. The van der Waals surface area contributed by atoms with Crippen molar-refractivity contribution in [1.82, 2.24) is 0 Å². The topological polar surface area (TPSA) is 78.2 Å². The Balaban J connectivity index is 2.59. The number of nitrogens with zero attached hydrogens (tertiary/aromatic N) is 1. The van der Waals surface area contributed by atoms with E-state index in [1.807, 2.05) is 6.07 Å². The van der Waals surface area contributed by atoms with Crippen molar-refractivity contribution in [3.05, 3.63) is 0 Å². The van der Waals surface area contributed by atoms with E-state index in [9.17, 15) is 8.42 Å². The number of aliphatic hydroxyl groups is 1. The van der Waals surface area contributed by atoms with Gasteiger partial charge in [0.1, 0.15) is 9.84 Å². The molecule has 68 valence electrons. The molecular formula is C7H11NO3S. The van der Waals surface area contributed by atoms with E-state index in [-0.39, 0.29) is 18.3 Å². The summed E-state index contributed by atoms with van der Waals surface area (Å²) in [5.74, 6) is -0.149. The van der Waals surface area contributed by atoms with Gasteiger partial charge in [-0.2, -0.15) is 5.26 Å². The van der Waals surface area contributed by atoms with Crippen LogP contribution in [0.4, 0.5) is 0 Å². The molecule has 0 amide bonds. The van der Waals surface area contributed by atoms with Gasteiger partial charge in [-0.15, -0.1) is 0 Å². The molecule has 1 fully saturated rings. The molecule has 0 aromatic rings. The van der Waals surface area contributed by atoms with Crippen LogP contribution in [0.3, 0.4) is 0 Å². The summed E-state index contributed by atoms with van der Waals surface area (Å²) >= 11 is 0. The van der Waals surface area contributed by atoms with E-state index >= 15 is 0 Å². The van der Waals surface area contributed by atoms with E-state index in [0.29, 0.717) is 6.42 Å². The maximum Gasteiger partial charge on any atom is 0.147 e. The molecule has 1 N–H and O–H groups in total. The van der Waals surface area contributed by atoms with Gasteiger partial charge >= 0.3 is 0 Å². The summed E-state index contributed by atoms with van der Waals surface area (Å²) in [6.07, 6.45) is 1.65. The molecule has 0 aromatic heterocycles. The van der Waals surface area contributed by atoms with Crippen LogP contribution < -0.4 is 0 Å². The van der Waals surface area contributed by atoms with E-state index in [2.05, 4.69) is 0 Å². The number of hydrogen-bond donors (Lipinski definition) is 1. The molecule has 2 atom stereocenters. The Morgan fingerprint density at radius 1 is 1.75 bits per heavy atom. The molecule has 5 heteroatoms. The van der Waals surface area contributed by atoms with Gasteiger partial charge in [-0.25, -0.2) is 8.42 Å². The van der Waals surface area contributed by atoms with Crippen LogP contribution in [0.2, 0.25) is 0 Å². The number of hydrogen-bond acceptors (Lipinski definition) is 4. The second-order valence-corrected chi connectivity index (χ2v) is 5.60. The standard InChI is InChI=1S/C7H11NO3S/c1-12(10,11)3-6-2-7(6,4-8)5-9/h6,9H,2-3,5H2,1H3. The lowest BCUT2D eigenvalue weighted by Crippen LogP contribution is -2.13. The zero-order chi connectivity index (χ0) is 9.41. The quantitative estimate of drug-likeness (QED) is 0.652. The van der Waals surface area contributed by atoms with E-state index in [4.69, 9.17) is 10.4 Å². The Hall–Kier alpha value is -0.600. The van der Waals surface area contributed by atoms with Crippen molar-refractivity contribution >= 4 is 9.84 Å². The minimum Gasteiger partial charge on any atom is -0.395 e. The number of rotatable bonds is 3. The fourth-order valence-electron chi connectivity index (χ4n) is 1.33. The van der Waals surface area contributed by atoms with Crippen LogP contribution in [-0.2, 0) is 9.84 Å². The van der Waals surface area contributed by atoms with Crippen LogP contribution in [0, 0.1) is 22.7 Å². The normalized spacial score (nSPS) is 34.2. The average Bonchev–Trinajstić information content (AvgIpc) is 2.60. The lowest BCUT2D eigenvalue weighted by Gasteiger charge is -2.01. The molecule has 0 spiro atoms. The van der Waals surface area contributed by atoms with Gasteiger partial charge in [0.15, 0.2) is 0 Å². The Morgan fingerprint density at radius 3 is 2.58 bits per heavy atom. The molecule has 4 nitrogen and oxygen atoms in total. The maximum atomic E-state index is 10.8. The summed E-state index contributed by atoms with van der Waals surface area (Å²) in [6, 6.07) is 1.96. The number of nitriles is 1. The minimum absolute atomic E-state index is 0.0150. The molecule has 0 saturated heterocycles. The van der Waals surface area contributed by atoms with Gasteiger partial charge in [0, 0.05) is 6.26 Å². The molecule has 1 saturated carbocycles. The number of aliphatic hydroxyl groups excluding tert-OH is 1. The molecular weight excluding hydrogens is 178 g/mol. The molecule has 0 aromatic carbocycles. The van der Waals surface area contributed by atoms with Gasteiger partial charge in [0.2, 0.25) is 0 Å². The van der Waals surface area contributed by atoms with Crippen molar-refractivity contribution in [2.24, 2.45) is 11.3 Å². The lowest BCUT2D eigenvalue weighted by atomic mass is 10.1. The molecule has 2 unspecified atom stereocenters. The van der Waals surface area contributed by atoms with Crippen molar-refractivity contribution in [3.63, 3.8) is 0 Å². The Bertz CT molecular complexity index is 316. The largest absolute Gasteiger partial charge is 0.395 e. The highest BCUT2D eigenvalue weighted by Crippen LogP contribution is 2.52. The fraction of sp³-hybridized carbons (Fsp3) is 0.857. The van der Waals surface area contributed by atoms with Crippen LogP contribution in [0.5, 0.6) is 0 Å². The first-order valence-electron chi connectivity index (χ1n) is 3.63. The van der Waals surface area contributed by atoms with Gasteiger partial charge in [-0.1, -0.05) is 0 Å². The second kappa shape index (κ2) is 2.71. The first-order valence-corrected chi connectivity index (χ1v) is 5.69. The third-order valence-corrected chi connectivity index (χ3v) is 3.25. The van der Waals surface area contributed by atoms with Gasteiger partial charge in [0.25, 0.3) is 0 Å². The molecule has 0 aliphatic heterocycles. The van der Waals surface area contributed by atoms with Gasteiger partial charge < -0.3 is 5.11 Å². The van der Waals surface area contributed by atoms with E-state index in [1.165, 1.54) is 0 Å². The average molecular weight is 189 g/mol. The molecule has 0 radical (unpaired) electrons. The maximum absolute atomic E-state index is 10.8. The summed E-state index contributed by atoms with van der Waals surface area (Å²) < 4.78 is 21.6. The number of sulfone groups is 1. The Morgan fingerprint density at radius 2 is 2.33 bits per heavy atom. The van der Waals surface area contributed by atoms with Crippen LogP contribution in [0.1, 0.15) is 6.42 Å². The predicted octanol–water partition coefficient (Wildman–Crippen LogP) is -0.447.